The minimum atomic E-state index is 0.626. The van der Waals surface area contributed by atoms with Gasteiger partial charge in [-0.1, -0.05) is 6.92 Å². The average molecular weight is 200 g/mol. The Labute approximate surface area is 88.8 Å². The van der Waals surface area contributed by atoms with Gasteiger partial charge in [0.2, 0.25) is 5.88 Å². The highest BCUT2D eigenvalue weighted by Crippen LogP contribution is 2.18. The highest BCUT2D eigenvalue weighted by atomic mass is 16.5. The van der Waals surface area contributed by atoms with Gasteiger partial charge >= 0.3 is 0 Å². The molecule has 0 bridgehead atoms. The zero-order valence-electron chi connectivity index (χ0n) is 8.55. The molecule has 76 valence electrons. The van der Waals surface area contributed by atoms with Crippen LogP contribution in [0.3, 0.4) is 0 Å². The van der Waals surface area contributed by atoms with Gasteiger partial charge in [-0.2, -0.15) is 0 Å². The van der Waals surface area contributed by atoms with Crippen LogP contribution in [0, 0.1) is 0 Å². The molecule has 2 aromatic rings. The van der Waals surface area contributed by atoms with Gasteiger partial charge in [0, 0.05) is 24.7 Å². The molecule has 0 saturated carbocycles. The second-order valence-corrected chi connectivity index (χ2v) is 3.14. The molecule has 0 aliphatic carbocycles. The maximum Gasteiger partial charge on any atom is 0.219 e. The topological polar surface area (TPSA) is 35.0 Å². The van der Waals surface area contributed by atoms with E-state index in [0.29, 0.717) is 5.88 Å². The van der Waals surface area contributed by atoms with Crippen LogP contribution >= 0.6 is 0 Å². The van der Waals surface area contributed by atoms with Crippen LogP contribution in [0.2, 0.25) is 0 Å². The molecule has 2 heterocycles. The van der Waals surface area contributed by atoms with Crippen molar-refractivity contribution in [2.45, 2.75) is 13.3 Å². The van der Waals surface area contributed by atoms with E-state index in [1.54, 1.807) is 30.7 Å². The summed E-state index contributed by atoms with van der Waals surface area (Å²) in [6.07, 6.45) is 6.13. The molecule has 0 amide bonds. The smallest absolute Gasteiger partial charge is 0.219 e. The van der Waals surface area contributed by atoms with Crippen LogP contribution in [0.5, 0.6) is 11.6 Å². The summed E-state index contributed by atoms with van der Waals surface area (Å²) in [6.45, 7) is 2.10. The fraction of sp³-hybridized carbons (Fsp3) is 0.167. The maximum atomic E-state index is 5.57. The Hall–Kier alpha value is -1.90. The molecule has 0 saturated heterocycles. The molecule has 0 atom stereocenters. The normalized spacial score (nSPS) is 9.93. The number of aromatic nitrogens is 2. The van der Waals surface area contributed by atoms with Crippen molar-refractivity contribution in [3.05, 3.63) is 48.4 Å². The number of nitrogens with zero attached hydrogens (tertiary/aromatic N) is 2. The Morgan fingerprint density at radius 2 is 1.93 bits per heavy atom. The molecule has 0 radical (unpaired) electrons. The largest absolute Gasteiger partial charge is 0.439 e. The third-order valence-corrected chi connectivity index (χ3v) is 2.08. The second-order valence-electron chi connectivity index (χ2n) is 3.14. The predicted octanol–water partition coefficient (Wildman–Crippen LogP) is 2.83. The van der Waals surface area contributed by atoms with Gasteiger partial charge in [-0.3, -0.25) is 4.98 Å². The third-order valence-electron chi connectivity index (χ3n) is 2.08. The summed E-state index contributed by atoms with van der Waals surface area (Å²) in [6, 6.07) is 7.54. The molecule has 3 heteroatoms. The summed E-state index contributed by atoms with van der Waals surface area (Å²) in [7, 11) is 0. The second kappa shape index (κ2) is 4.55. The minimum absolute atomic E-state index is 0.626. The lowest BCUT2D eigenvalue weighted by Gasteiger charge is -2.04. The summed E-state index contributed by atoms with van der Waals surface area (Å²) in [5, 5.41) is 0. The molecular weight excluding hydrogens is 188 g/mol. The van der Waals surface area contributed by atoms with Crippen molar-refractivity contribution < 1.29 is 4.74 Å². The minimum Gasteiger partial charge on any atom is -0.439 e. The molecule has 2 aromatic heterocycles. The quantitative estimate of drug-likeness (QED) is 0.764. The van der Waals surface area contributed by atoms with E-state index >= 15 is 0 Å². The molecule has 0 spiro atoms. The van der Waals surface area contributed by atoms with Gasteiger partial charge in [-0.05, 0) is 30.2 Å². The van der Waals surface area contributed by atoms with Crippen molar-refractivity contribution in [1.29, 1.82) is 0 Å². The Morgan fingerprint density at radius 1 is 1.13 bits per heavy atom. The van der Waals surface area contributed by atoms with Gasteiger partial charge in [0.05, 0.1) is 0 Å². The van der Waals surface area contributed by atoms with E-state index in [2.05, 4.69) is 16.9 Å². The molecule has 0 aliphatic rings. The Kier molecular flexibility index (Phi) is 2.93. The van der Waals surface area contributed by atoms with E-state index < -0.39 is 0 Å². The molecule has 3 nitrogen and oxygen atoms in total. The zero-order chi connectivity index (χ0) is 10.5. The van der Waals surface area contributed by atoms with Crippen molar-refractivity contribution in [1.82, 2.24) is 9.97 Å². The summed E-state index contributed by atoms with van der Waals surface area (Å²) >= 11 is 0. The lowest BCUT2D eigenvalue weighted by molar-refractivity contribution is 0.461. The molecule has 0 aliphatic heterocycles. The SMILES string of the molecule is CCc1ccnc(Oc2ccncc2)c1. The maximum absolute atomic E-state index is 5.57. The lowest BCUT2D eigenvalue weighted by Crippen LogP contribution is -1.89. The monoisotopic (exact) mass is 200 g/mol. The average Bonchev–Trinajstić information content (AvgIpc) is 2.31. The number of ether oxygens (including phenoxy) is 1. The number of hydrogen-bond donors (Lipinski definition) is 0. The summed E-state index contributed by atoms with van der Waals surface area (Å²) in [4.78, 5) is 8.06. The molecular formula is C12H12N2O. The number of hydrogen-bond acceptors (Lipinski definition) is 3. The van der Waals surface area contributed by atoms with Crippen molar-refractivity contribution in [3.8, 4) is 11.6 Å². The third kappa shape index (κ3) is 2.53. The van der Waals surface area contributed by atoms with Crippen molar-refractivity contribution in [3.63, 3.8) is 0 Å². The van der Waals surface area contributed by atoms with Gasteiger partial charge in [-0.25, -0.2) is 4.98 Å². The van der Waals surface area contributed by atoms with Gasteiger partial charge in [0.25, 0.3) is 0 Å². The van der Waals surface area contributed by atoms with Crippen LogP contribution in [0.1, 0.15) is 12.5 Å². The van der Waals surface area contributed by atoms with E-state index in [1.807, 2.05) is 12.1 Å². The van der Waals surface area contributed by atoms with E-state index in [9.17, 15) is 0 Å². The Bertz CT molecular complexity index is 429. The molecule has 0 N–H and O–H groups in total. The van der Waals surface area contributed by atoms with Crippen LogP contribution in [0.4, 0.5) is 0 Å². The summed E-state index contributed by atoms with van der Waals surface area (Å²) < 4.78 is 5.57. The van der Waals surface area contributed by atoms with Crippen LogP contribution in [0.15, 0.2) is 42.9 Å². The standard InChI is InChI=1S/C12H12N2O/c1-2-10-3-8-14-12(9-10)15-11-4-6-13-7-5-11/h3-9H,2H2,1H3. The molecule has 2 rings (SSSR count). The highest BCUT2D eigenvalue weighted by molar-refractivity contribution is 5.27. The van der Waals surface area contributed by atoms with E-state index in [0.717, 1.165) is 12.2 Å². The molecule has 0 fully saturated rings. The molecule has 0 unspecified atom stereocenters. The van der Waals surface area contributed by atoms with Gasteiger partial charge in [0.1, 0.15) is 5.75 Å². The van der Waals surface area contributed by atoms with E-state index in [1.165, 1.54) is 5.56 Å². The van der Waals surface area contributed by atoms with E-state index in [-0.39, 0.29) is 0 Å². The van der Waals surface area contributed by atoms with Crippen molar-refractivity contribution in [2.75, 3.05) is 0 Å². The van der Waals surface area contributed by atoms with Crippen LogP contribution in [-0.2, 0) is 6.42 Å². The van der Waals surface area contributed by atoms with Crippen molar-refractivity contribution in [2.24, 2.45) is 0 Å². The predicted molar refractivity (Wildman–Crippen MR) is 57.9 cm³/mol. The zero-order valence-corrected chi connectivity index (χ0v) is 8.55. The first kappa shape index (κ1) is 9.65. The summed E-state index contributed by atoms with van der Waals surface area (Å²) in [5.41, 5.74) is 1.22. The first-order valence-electron chi connectivity index (χ1n) is 4.91. The fourth-order valence-electron chi connectivity index (χ4n) is 1.25. The fourth-order valence-corrected chi connectivity index (χ4v) is 1.25. The van der Waals surface area contributed by atoms with Crippen LogP contribution < -0.4 is 4.74 Å². The molecule has 15 heavy (non-hydrogen) atoms. The lowest BCUT2D eigenvalue weighted by atomic mass is 10.2. The summed E-state index contributed by atoms with van der Waals surface area (Å²) in [5.74, 6) is 1.38. The number of aryl methyl sites for hydroxylation is 1. The highest BCUT2D eigenvalue weighted by Gasteiger charge is 1.98. The number of pyridine rings is 2. The van der Waals surface area contributed by atoms with Gasteiger partial charge in [-0.15, -0.1) is 0 Å². The molecule has 0 aromatic carbocycles. The van der Waals surface area contributed by atoms with Gasteiger partial charge < -0.3 is 4.74 Å². The van der Waals surface area contributed by atoms with Crippen molar-refractivity contribution >= 4 is 0 Å². The van der Waals surface area contributed by atoms with Gasteiger partial charge in [0.15, 0.2) is 0 Å². The number of rotatable bonds is 3. The first-order chi connectivity index (χ1) is 7.38. The van der Waals surface area contributed by atoms with Crippen LogP contribution in [0.25, 0.3) is 0 Å². The van der Waals surface area contributed by atoms with Crippen LogP contribution in [-0.4, -0.2) is 9.97 Å². The Balaban J connectivity index is 2.17. The van der Waals surface area contributed by atoms with E-state index in [4.69, 9.17) is 4.74 Å². The Morgan fingerprint density at radius 3 is 2.67 bits per heavy atom. The first-order valence-corrected chi connectivity index (χ1v) is 4.91.